The smallest absolute Gasteiger partial charge is 0.323 e. The van der Waals surface area contributed by atoms with Gasteiger partial charge >= 0.3 is 5.69 Å². The molecule has 1 saturated heterocycles. The number of piperidine rings is 1. The zero-order valence-electron chi connectivity index (χ0n) is 23.2. The molecule has 0 radical (unpaired) electrons. The lowest BCUT2D eigenvalue weighted by atomic mass is 9.85. The highest BCUT2D eigenvalue weighted by Gasteiger charge is 2.33. The molecule has 0 spiro atoms. The van der Waals surface area contributed by atoms with Crippen LogP contribution >= 0.6 is 11.6 Å². The number of aromatic nitrogens is 2. The maximum atomic E-state index is 13.9. The summed E-state index contributed by atoms with van der Waals surface area (Å²) in [7, 11) is 0. The molecule has 1 aromatic heterocycles. The van der Waals surface area contributed by atoms with Crippen LogP contribution in [-0.2, 0) is 29.0 Å². The Kier molecular flexibility index (Phi) is 8.26. The fraction of sp³-hybridized carbons (Fsp3) is 0.303. The lowest BCUT2D eigenvalue weighted by Crippen LogP contribution is -2.56. The fourth-order valence-electron chi connectivity index (χ4n) is 6.18. The molecule has 4 aromatic rings. The molecule has 3 aromatic carbocycles. The monoisotopic (exact) mass is 583 g/mol. The van der Waals surface area contributed by atoms with Crippen LogP contribution in [-0.4, -0.2) is 51.9 Å². The number of fused-ring (bicyclic) bond motifs is 1. The summed E-state index contributed by atoms with van der Waals surface area (Å²) in [6.07, 6.45) is 4.25. The van der Waals surface area contributed by atoms with Crippen molar-refractivity contribution in [1.82, 2.24) is 25.5 Å². The van der Waals surface area contributed by atoms with Crippen LogP contribution in [0.25, 0.3) is 11.3 Å². The van der Waals surface area contributed by atoms with Gasteiger partial charge in [0.15, 0.2) is 0 Å². The summed E-state index contributed by atoms with van der Waals surface area (Å²) in [6, 6.07) is 22.5. The minimum absolute atomic E-state index is 0.0730. The Bertz CT molecular complexity index is 1620. The third-order valence-electron chi connectivity index (χ3n) is 8.46. The highest BCUT2D eigenvalue weighted by atomic mass is 35.5. The molecule has 0 saturated carbocycles. The fourth-order valence-corrected chi connectivity index (χ4v) is 6.30. The highest BCUT2D eigenvalue weighted by Crippen LogP contribution is 2.34. The number of rotatable bonds is 7. The number of imidazole rings is 1. The van der Waals surface area contributed by atoms with E-state index in [-0.39, 0.29) is 23.4 Å². The van der Waals surface area contributed by atoms with Crippen molar-refractivity contribution in [2.24, 2.45) is 0 Å². The molecule has 0 unspecified atom stereocenters. The summed E-state index contributed by atoms with van der Waals surface area (Å²) in [5.41, 5.74) is 5.97. The molecule has 8 nitrogen and oxygen atoms in total. The molecule has 0 bridgehead atoms. The Balaban J connectivity index is 1.16. The molecule has 42 heavy (non-hydrogen) atoms. The van der Waals surface area contributed by atoms with Gasteiger partial charge in [0.05, 0.1) is 11.7 Å². The number of amides is 2. The molecule has 1 fully saturated rings. The average Bonchev–Trinajstić information content (AvgIpc) is 3.47. The SMILES string of the molecule is O=C(N[C@H](Cc1ccc(Cl)cc1)C(=O)N1CCC(c2ccccc2-c2c[nH]c(=O)[nH]2)CC1)[C@@H]1Cc2ccccc2CN1. The first-order valence-corrected chi connectivity index (χ1v) is 14.8. The summed E-state index contributed by atoms with van der Waals surface area (Å²) < 4.78 is 0. The van der Waals surface area contributed by atoms with E-state index in [2.05, 4.69) is 38.8 Å². The standard InChI is InChI=1S/C33H34ClN5O3/c34-25-11-9-21(10-12-25)17-29(37-31(40)28-18-23-5-1-2-6-24(23)19-35-28)32(41)39-15-13-22(14-16-39)26-7-3-4-8-27(26)30-20-36-33(42)38-30/h1-12,20,22,28-29,35H,13-19H2,(H,37,40)(H2,36,38,42)/t28-,29+/m0/s1. The van der Waals surface area contributed by atoms with Crippen molar-refractivity contribution < 1.29 is 9.59 Å². The minimum atomic E-state index is -0.689. The van der Waals surface area contributed by atoms with E-state index in [1.165, 1.54) is 5.56 Å². The van der Waals surface area contributed by atoms with Crippen LogP contribution in [0.1, 0.15) is 41.0 Å². The van der Waals surface area contributed by atoms with E-state index in [1.807, 2.05) is 47.4 Å². The second kappa shape index (κ2) is 12.4. The number of benzene rings is 3. The van der Waals surface area contributed by atoms with Crippen LogP contribution in [0.15, 0.2) is 83.8 Å². The number of hydrogen-bond acceptors (Lipinski definition) is 4. The quantitative estimate of drug-likeness (QED) is 0.262. The van der Waals surface area contributed by atoms with Crippen LogP contribution in [0.5, 0.6) is 0 Å². The van der Waals surface area contributed by atoms with E-state index in [0.29, 0.717) is 37.5 Å². The van der Waals surface area contributed by atoms with Gasteiger partial charge in [-0.2, -0.15) is 0 Å². The molecule has 9 heteroatoms. The minimum Gasteiger partial charge on any atom is -0.343 e. The van der Waals surface area contributed by atoms with Gasteiger partial charge < -0.3 is 25.5 Å². The first kappa shape index (κ1) is 28.0. The Morgan fingerprint density at radius 3 is 2.40 bits per heavy atom. The van der Waals surface area contributed by atoms with Gasteiger partial charge in [0.2, 0.25) is 11.8 Å². The lowest BCUT2D eigenvalue weighted by Gasteiger charge is -2.36. The van der Waals surface area contributed by atoms with Gasteiger partial charge in [-0.05, 0) is 59.6 Å². The summed E-state index contributed by atoms with van der Waals surface area (Å²) in [4.78, 5) is 46.6. The topological polar surface area (TPSA) is 110 Å². The summed E-state index contributed by atoms with van der Waals surface area (Å²) in [5.74, 6) is 0.0109. The van der Waals surface area contributed by atoms with E-state index in [1.54, 1.807) is 18.3 Å². The van der Waals surface area contributed by atoms with Gasteiger partial charge in [-0.3, -0.25) is 9.59 Å². The third-order valence-corrected chi connectivity index (χ3v) is 8.71. The van der Waals surface area contributed by atoms with E-state index >= 15 is 0 Å². The second-order valence-electron chi connectivity index (χ2n) is 11.1. The number of nitrogens with zero attached hydrogens (tertiary/aromatic N) is 1. The number of halogens is 1. The van der Waals surface area contributed by atoms with Crippen LogP contribution in [0.4, 0.5) is 0 Å². The largest absolute Gasteiger partial charge is 0.343 e. The average molecular weight is 584 g/mol. The van der Waals surface area contributed by atoms with Gasteiger partial charge in [0, 0.05) is 42.8 Å². The predicted molar refractivity (Wildman–Crippen MR) is 163 cm³/mol. The van der Waals surface area contributed by atoms with Crippen LogP contribution in [0, 0.1) is 0 Å². The molecular formula is C33H34ClN5O3. The van der Waals surface area contributed by atoms with Crippen LogP contribution in [0.2, 0.25) is 5.02 Å². The molecule has 216 valence electrons. The maximum Gasteiger partial charge on any atom is 0.323 e. The van der Waals surface area contributed by atoms with Gasteiger partial charge in [0.1, 0.15) is 6.04 Å². The van der Waals surface area contributed by atoms with Crippen LogP contribution < -0.4 is 16.3 Å². The number of hydrogen-bond donors (Lipinski definition) is 4. The van der Waals surface area contributed by atoms with Crippen molar-refractivity contribution in [2.75, 3.05) is 13.1 Å². The number of carbonyl (C=O) groups excluding carboxylic acids is 2. The third kappa shape index (κ3) is 6.20. The normalized spacial score (nSPS) is 17.8. The molecule has 0 aliphatic carbocycles. The summed E-state index contributed by atoms with van der Waals surface area (Å²) in [6.45, 7) is 1.79. The van der Waals surface area contributed by atoms with Crippen molar-refractivity contribution in [1.29, 1.82) is 0 Å². The highest BCUT2D eigenvalue weighted by molar-refractivity contribution is 6.30. The first-order valence-electron chi connectivity index (χ1n) is 14.5. The van der Waals surface area contributed by atoms with Gasteiger partial charge in [-0.1, -0.05) is 72.3 Å². The number of H-pyrrole nitrogens is 2. The van der Waals surface area contributed by atoms with Crippen LogP contribution in [0.3, 0.4) is 0 Å². The van der Waals surface area contributed by atoms with Gasteiger partial charge in [-0.25, -0.2) is 4.79 Å². The Labute approximate surface area is 249 Å². The molecule has 6 rings (SSSR count). The van der Waals surface area contributed by atoms with Crippen molar-refractivity contribution in [3.8, 4) is 11.3 Å². The molecule has 2 atom stereocenters. The number of likely N-dealkylation sites (tertiary alicyclic amines) is 1. The predicted octanol–water partition coefficient (Wildman–Crippen LogP) is 4.17. The van der Waals surface area contributed by atoms with E-state index in [4.69, 9.17) is 11.6 Å². The van der Waals surface area contributed by atoms with Crippen molar-refractivity contribution in [3.05, 3.63) is 117 Å². The molecule has 4 N–H and O–H groups in total. The second-order valence-corrected chi connectivity index (χ2v) is 11.6. The zero-order chi connectivity index (χ0) is 29.1. The molecule has 2 aliphatic rings. The van der Waals surface area contributed by atoms with E-state index in [0.717, 1.165) is 40.8 Å². The summed E-state index contributed by atoms with van der Waals surface area (Å²) in [5, 5.41) is 7.05. The number of aromatic amines is 2. The first-order chi connectivity index (χ1) is 20.4. The molecule has 2 aliphatic heterocycles. The van der Waals surface area contributed by atoms with Gasteiger partial charge in [-0.15, -0.1) is 0 Å². The molecular weight excluding hydrogens is 550 g/mol. The number of carbonyl (C=O) groups is 2. The summed E-state index contributed by atoms with van der Waals surface area (Å²) >= 11 is 6.10. The molecule has 3 heterocycles. The Hall–Kier alpha value is -4.14. The van der Waals surface area contributed by atoms with Gasteiger partial charge in [0.25, 0.3) is 0 Å². The maximum absolute atomic E-state index is 13.9. The van der Waals surface area contributed by atoms with E-state index < -0.39 is 12.1 Å². The van der Waals surface area contributed by atoms with E-state index in [9.17, 15) is 14.4 Å². The zero-order valence-corrected chi connectivity index (χ0v) is 24.0. The number of nitrogens with one attached hydrogen (secondary N) is 4. The van der Waals surface area contributed by atoms with Crippen molar-refractivity contribution in [2.45, 2.75) is 50.2 Å². The lowest BCUT2D eigenvalue weighted by molar-refractivity contribution is -0.137. The Morgan fingerprint density at radius 1 is 0.952 bits per heavy atom. The van der Waals surface area contributed by atoms with Crippen molar-refractivity contribution in [3.63, 3.8) is 0 Å². The molecule has 2 amide bonds. The van der Waals surface area contributed by atoms with Crippen molar-refractivity contribution >= 4 is 23.4 Å². The Morgan fingerprint density at radius 2 is 1.67 bits per heavy atom.